The molecule has 0 aromatic rings. The van der Waals surface area contributed by atoms with Crippen molar-refractivity contribution in [1.82, 2.24) is 5.32 Å². The summed E-state index contributed by atoms with van der Waals surface area (Å²) in [6.45, 7) is 10.1. The minimum absolute atomic E-state index is 0.302. The van der Waals surface area contributed by atoms with Crippen LogP contribution in [0.4, 0.5) is 0 Å². The number of hydrogen-bond donors (Lipinski definition) is 1. The predicted molar refractivity (Wildman–Crippen MR) is 83.8 cm³/mol. The van der Waals surface area contributed by atoms with Crippen LogP contribution in [-0.2, 0) is 10.8 Å². The van der Waals surface area contributed by atoms with Crippen LogP contribution in [0, 0.1) is 11.3 Å². The largest absolute Gasteiger partial charge is 0.313 e. The maximum absolute atomic E-state index is 13.0. The third-order valence-corrected chi connectivity index (χ3v) is 7.42. The van der Waals surface area contributed by atoms with E-state index in [9.17, 15) is 4.21 Å². The van der Waals surface area contributed by atoms with Crippen molar-refractivity contribution in [2.45, 2.75) is 82.8 Å². The molecule has 5 atom stereocenters. The molecular formula is C16H31NOS. The molecule has 0 radical (unpaired) electrons. The molecular weight excluding hydrogens is 254 g/mol. The Morgan fingerprint density at radius 1 is 1.26 bits per heavy atom. The SMILES string of the molecule is CCNC1C(S(=O)C2CCCC(C)C2)CCC1(C)C. The third kappa shape index (κ3) is 3.41. The molecule has 2 rings (SSSR count). The van der Waals surface area contributed by atoms with Crippen molar-refractivity contribution >= 4 is 10.8 Å². The van der Waals surface area contributed by atoms with Crippen molar-refractivity contribution < 1.29 is 4.21 Å². The minimum Gasteiger partial charge on any atom is -0.313 e. The fourth-order valence-corrected chi connectivity index (χ4v) is 6.55. The molecule has 2 fully saturated rings. The monoisotopic (exact) mass is 285 g/mol. The number of hydrogen-bond acceptors (Lipinski definition) is 2. The number of nitrogens with one attached hydrogen (secondary N) is 1. The van der Waals surface area contributed by atoms with Gasteiger partial charge in [0.2, 0.25) is 0 Å². The van der Waals surface area contributed by atoms with Gasteiger partial charge in [0.1, 0.15) is 0 Å². The second-order valence-corrected chi connectivity index (χ2v) is 9.25. The van der Waals surface area contributed by atoms with Crippen LogP contribution in [0.3, 0.4) is 0 Å². The molecule has 0 amide bonds. The van der Waals surface area contributed by atoms with E-state index in [0.29, 0.717) is 22.0 Å². The van der Waals surface area contributed by atoms with E-state index in [4.69, 9.17) is 0 Å². The van der Waals surface area contributed by atoms with E-state index in [-0.39, 0.29) is 0 Å². The van der Waals surface area contributed by atoms with Crippen LogP contribution in [0.2, 0.25) is 0 Å². The Labute approximate surface area is 121 Å². The molecule has 0 saturated heterocycles. The van der Waals surface area contributed by atoms with E-state index < -0.39 is 10.8 Å². The van der Waals surface area contributed by atoms with Crippen LogP contribution >= 0.6 is 0 Å². The van der Waals surface area contributed by atoms with Gasteiger partial charge in [0.05, 0.1) is 5.25 Å². The Morgan fingerprint density at radius 3 is 2.63 bits per heavy atom. The lowest BCUT2D eigenvalue weighted by Gasteiger charge is -2.34. The molecule has 2 aliphatic carbocycles. The lowest BCUT2D eigenvalue weighted by atomic mass is 9.87. The minimum atomic E-state index is -0.643. The van der Waals surface area contributed by atoms with Gasteiger partial charge in [-0.15, -0.1) is 0 Å². The Kier molecular flexibility index (Phi) is 5.10. The summed E-state index contributed by atoms with van der Waals surface area (Å²) in [6, 6.07) is 0.440. The average Bonchev–Trinajstić information content (AvgIpc) is 2.65. The zero-order chi connectivity index (χ0) is 14.0. The molecule has 2 saturated carbocycles. The Hall–Kier alpha value is 0.110. The lowest BCUT2D eigenvalue weighted by molar-refractivity contribution is 0.288. The van der Waals surface area contributed by atoms with Crippen LogP contribution in [-0.4, -0.2) is 27.3 Å². The lowest BCUT2D eigenvalue weighted by Crippen LogP contribution is -2.48. The molecule has 2 nitrogen and oxygen atoms in total. The highest BCUT2D eigenvalue weighted by atomic mass is 32.2. The van der Waals surface area contributed by atoms with Crippen molar-refractivity contribution in [3.05, 3.63) is 0 Å². The highest BCUT2D eigenvalue weighted by molar-refractivity contribution is 7.86. The van der Waals surface area contributed by atoms with Crippen molar-refractivity contribution in [2.24, 2.45) is 11.3 Å². The Bertz CT molecular complexity index is 329. The summed E-state index contributed by atoms with van der Waals surface area (Å²) in [4.78, 5) is 0. The average molecular weight is 285 g/mol. The first-order valence-electron chi connectivity index (χ1n) is 8.08. The van der Waals surface area contributed by atoms with Crippen molar-refractivity contribution in [3.8, 4) is 0 Å². The molecule has 0 spiro atoms. The maximum atomic E-state index is 13.0. The van der Waals surface area contributed by atoms with Crippen LogP contribution < -0.4 is 5.32 Å². The standard InChI is InChI=1S/C16H31NOS/c1-5-17-15-14(9-10-16(15,3)4)19(18)13-8-6-7-12(2)11-13/h12-15,17H,5-11H2,1-4H3. The zero-order valence-corrected chi connectivity index (χ0v) is 13.9. The fourth-order valence-electron chi connectivity index (χ4n) is 4.05. The highest BCUT2D eigenvalue weighted by Gasteiger charge is 2.45. The summed E-state index contributed by atoms with van der Waals surface area (Å²) >= 11 is 0. The van der Waals surface area contributed by atoms with E-state index in [0.717, 1.165) is 18.9 Å². The summed E-state index contributed by atoms with van der Waals surface area (Å²) in [5.74, 6) is 0.773. The second kappa shape index (κ2) is 6.26. The topological polar surface area (TPSA) is 29.1 Å². The van der Waals surface area contributed by atoms with Gasteiger partial charge < -0.3 is 5.32 Å². The molecule has 2 aliphatic rings. The van der Waals surface area contributed by atoms with Crippen LogP contribution in [0.25, 0.3) is 0 Å². The van der Waals surface area contributed by atoms with Crippen molar-refractivity contribution in [2.75, 3.05) is 6.54 Å². The normalized spacial score (nSPS) is 40.2. The summed E-state index contributed by atoms with van der Waals surface area (Å²) in [5.41, 5.74) is 0.302. The van der Waals surface area contributed by atoms with Crippen LogP contribution in [0.5, 0.6) is 0 Å². The van der Waals surface area contributed by atoms with Crippen molar-refractivity contribution in [3.63, 3.8) is 0 Å². The molecule has 0 bridgehead atoms. The van der Waals surface area contributed by atoms with E-state index >= 15 is 0 Å². The summed E-state index contributed by atoms with van der Waals surface area (Å²) in [6.07, 6.45) is 7.33. The predicted octanol–water partition coefficient (Wildman–Crippen LogP) is 3.48. The van der Waals surface area contributed by atoms with Gasteiger partial charge in [0.15, 0.2) is 0 Å². The van der Waals surface area contributed by atoms with Crippen molar-refractivity contribution in [1.29, 1.82) is 0 Å². The molecule has 0 aromatic carbocycles. The molecule has 19 heavy (non-hydrogen) atoms. The van der Waals surface area contributed by atoms with E-state index in [1.807, 2.05) is 0 Å². The smallest absolute Gasteiger partial charge is 0.0509 e. The molecule has 0 aromatic heterocycles. The third-order valence-electron chi connectivity index (χ3n) is 5.23. The first-order valence-corrected chi connectivity index (χ1v) is 9.36. The summed E-state index contributed by atoms with van der Waals surface area (Å²) < 4.78 is 13.0. The first-order chi connectivity index (χ1) is 8.95. The molecule has 5 unspecified atom stereocenters. The summed E-state index contributed by atoms with van der Waals surface area (Å²) in [7, 11) is -0.643. The van der Waals surface area contributed by atoms with Crippen LogP contribution in [0.1, 0.15) is 66.2 Å². The molecule has 112 valence electrons. The molecule has 1 N–H and O–H groups in total. The first kappa shape index (κ1) is 15.5. The van der Waals surface area contributed by atoms with Gasteiger partial charge in [-0.05, 0) is 43.6 Å². The summed E-state index contributed by atoms with van der Waals surface area (Å²) in [5, 5.41) is 4.46. The van der Waals surface area contributed by atoms with E-state index in [1.54, 1.807) is 0 Å². The van der Waals surface area contributed by atoms with E-state index in [2.05, 4.69) is 33.0 Å². The van der Waals surface area contributed by atoms with Gasteiger partial charge in [-0.25, -0.2) is 0 Å². The zero-order valence-electron chi connectivity index (χ0n) is 13.1. The maximum Gasteiger partial charge on any atom is 0.0509 e. The second-order valence-electron chi connectivity index (χ2n) is 7.32. The van der Waals surface area contributed by atoms with Gasteiger partial charge in [-0.1, -0.05) is 40.5 Å². The molecule has 0 heterocycles. The van der Waals surface area contributed by atoms with Gasteiger partial charge in [-0.3, -0.25) is 4.21 Å². The van der Waals surface area contributed by atoms with Gasteiger partial charge in [-0.2, -0.15) is 0 Å². The highest BCUT2D eigenvalue weighted by Crippen LogP contribution is 2.42. The molecule has 3 heteroatoms. The van der Waals surface area contributed by atoms with Gasteiger partial charge in [0, 0.05) is 22.1 Å². The fraction of sp³-hybridized carbons (Fsp3) is 1.00. The Balaban J connectivity index is 2.05. The van der Waals surface area contributed by atoms with Crippen LogP contribution in [0.15, 0.2) is 0 Å². The van der Waals surface area contributed by atoms with E-state index in [1.165, 1.54) is 32.1 Å². The van der Waals surface area contributed by atoms with Gasteiger partial charge in [0.25, 0.3) is 0 Å². The molecule has 0 aliphatic heterocycles. The quantitative estimate of drug-likeness (QED) is 0.857. The Morgan fingerprint density at radius 2 is 2.00 bits per heavy atom. The van der Waals surface area contributed by atoms with Gasteiger partial charge >= 0.3 is 0 Å². The number of rotatable bonds is 4.